The largest absolute Gasteiger partial charge is 0.381 e. The molecule has 2 nitrogen and oxygen atoms in total. The van der Waals surface area contributed by atoms with Crippen molar-refractivity contribution in [1.29, 1.82) is 0 Å². The van der Waals surface area contributed by atoms with Crippen molar-refractivity contribution >= 4 is 21.6 Å². The number of hydrogen-bond acceptors (Lipinski definition) is 2. The summed E-state index contributed by atoms with van der Waals surface area (Å²) < 4.78 is 13.7. The van der Waals surface area contributed by atoms with E-state index in [1.807, 2.05) is 0 Å². The van der Waals surface area contributed by atoms with Gasteiger partial charge < -0.3 is 11.1 Å². The average Bonchev–Trinajstić information content (AvgIpc) is 2.25. The van der Waals surface area contributed by atoms with Gasteiger partial charge in [0.25, 0.3) is 0 Å². The molecule has 1 aromatic carbocycles. The predicted octanol–water partition coefficient (Wildman–Crippen LogP) is 3.27. The van der Waals surface area contributed by atoms with Crippen LogP contribution in [0, 0.1) is 5.82 Å². The van der Waals surface area contributed by atoms with Gasteiger partial charge >= 0.3 is 0 Å². The fourth-order valence-corrected chi connectivity index (χ4v) is 2.56. The SMILES string of the molecule is NC1CCC(Nc2ccc(F)cc2Br)CC1. The number of nitrogens with one attached hydrogen (secondary N) is 1. The number of rotatable bonds is 2. The van der Waals surface area contributed by atoms with E-state index in [0.717, 1.165) is 35.8 Å². The molecule has 1 saturated carbocycles. The van der Waals surface area contributed by atoms with Crippen molar-refractivity contribution < 1.29 is 4.39 Å². The molecule has 1 fully saturated rings. The highest BCUT2D eigenvalue weighted by molar-refractivity contribution is 9.10. The van der Waals surface area contributed by atoms with Crippen LogP contribution in [0.15, 0.2) is 22.7 Å². The second-order valence-electron chi connectivity index (χ2n) is 4.38. The first kappa shape index (κ1) is 11.9. The van der Waals surface area contributed by atoms with Gasteiger partial charge in [-0.25, -0.2) is 4.39 Å². The van der Waals surface area contributed by atoms with Crippen LogP contribution in [0.2, 0.25) is 0 Å². The predicted molar refractivity (Wildman–Crippen MR) is 68.0 cm³/mol. The van der Waals surface area contributed by atoms with E-state index in [-0.39, 0.29) is 5.82 Å². The lowest BCUT2D eigenvalue weighted by Crippen LogP contribution is -2.32. The number of benzene rings is 1. The van der Waals surface area contributed by atoms with Crippen LogP contribution in [0.1, 0.15) is 25.7 Å². The monoisotopic (exact) mass is 286 g/mol. The lowest BCUT2D eigenvalue weighted by atomic mass is 9.92. The Kier molecular flexibility index (Phi) is 3.82. The van der Waals surface area contributed by atoms with Gasteiger partial charge in [-0.3, -0.25) is 0 Å². The Morgan fingerprint density at radius 3 is 2.56 bits per heavy atom. The molecule has 0 aliphatic heterocycles. The minimum Gasteiger partial charge on any atom is -0.381 e. The molecule has 1 aliphatic carbocycles. The van der Waals surface area contributed by atoms with Crippen molar-refractivity contribution in [3.05, 3.63) is 28.5 Å². The summed E-state index contributed by atoms with van der Waals surface area (Å²) in [6.45, 7) is 0. The fraction of sp³-hybridized carbons (Fsp3) is 0.500. The third-order valence-electron chi connectivity index (χ3n) is 3.06. The highest BCUT2D eigenvalue weighted by atomic mass is 79.9. The molecule has 0 aromatic heterocycles. The molecule has 0 radical (unpaired) electrons. The molecule has 16 heavy (non-hydrogen) atoms. The third-order valence-corrected chi connectivity index (χ3v) is 3.72. The summed E-state index contributed by atoms with van der Waals surface area (Å²) in [6, 6.07) is 5.54. The third kappa shape index (κ3) is 2.95. The van der Waals surface area contributed by atoms with Gasteiger partial charge in [-0.1, -0.05) is 0 Å². The summed E-state index contributed by atoms with van der Waals surface area (Å²) in [7, 11) is 0. The van der Waals surface area contributed by atoms with Gasteiger partial charge in [0, 0.05) is 22.2 Å². The zero-order valence-corrected chi connectivity index (χ0v) is 10.6. The average molecular weight is 287 g/mol. The van der Waals surface area contributed by atoms with Crippen LogP contribution >= 0.6 is 15.9 Å². The molecule has 0 amide bonds. The maximum atomic E-state index is 12.9. The summed E-state index contributed by atoms with van der Waals surface area (Å²) in [5.41, 5.74) is 6.81. The van der Waals surface area contributed by atoms with Crippen molar-refractivity contribution in [2.75, 3.05) is 5.32 Å². The van der Waals surface area contributed by atoms with E-state index < -0.39 is 0 Å². The zero-order chi connectivity index (χ0) is 11.5. The molecule has 0 unspecified atom stereocenters. The number of hydrogen-bond donors (Lipinski definition) is 2. The Bertz CT molecular complexity index is 362. The fourth-order valence-electron chi connectivity index (χ4n) is 2.09. The van der Waals surface area contributed by atoms with Crippen LogP contribution < -0.4 is 11.1 Å². The topological polar surface area (TPSA) is 38.0 Å². The van der Waals surface area contributed by atoms with Crippen molar-refractivity contribution in [2.24, 2.45) is 5.73 Å². The summed E-state index contributed by atoms with van der Waals surface area (Å²) in [4.78, 5) is 0. The van der Waals surface area contributed by atoms with E-state index in [9.17, 15) is 4.39 Å². The number of anilines is 1. The summed E-state index contributed by atoms with van der Waals surface area (Å²) in [6.07, 6.45) is 4.31. The van der Waals surface area contributed by atoms with Crippen molar-refractivity contribution in [3.8, 4) is 0 Å². The lowest BCUT2D eigenvalue weighted by molar-refractivity contribution is 0.411. The normalized spacial score (nSPS) is 25.4. The van der Waals surface area contributed by atoms with Gasteiger partial charge in [-0.15, -0.1) is 0 Å². The van der Waals surface area contributed by atoms with Gasteiger partial charge in [0.05, 0.1) is 0 Å². The molecule has 88 valence electrons. The Labute approximate surface area is 104 Å². The summed E-state index contributed by atoms with van der Waals surface area (Å²) in [5.74, 6) is -0.219. The summed E-state index contributed by atoms with van der Waals surface area (Å²) >= 11 is 3.36. The van der Waals surface area contributed by atoms with Crippen molar-refractivity contribution in [3.63, 3.8) is 0 Å². The molecule has 1 aromatic rings. The molecule has 0 saturated heterocycles. The molecule has 0 heterocycles. The van der Waals surface area contributed by atoms with Crippen molar-refractivity contribution in [1.82, 2.24) is 0 Å². The molecule has 2 rings (SSSR count). The van der Waals surface area contributed by atoms with Crippen LogP contribution in [0.5, 0.6) is 0 Å². The quantitative estimate of drug-likeness (QED) is 0.876. The van der Waals surface area contributed by atoms with Crippen LogP contribution in [0.3, 0.4) is 0 Å². The minimum atomic E-state index is -0.219. The lowest BCUT2D eigenvalue weighted by Gasteiger charge is -2.28. The molecule has 3 N–H and O–H groups in total. The summed E-state index contributed by atoms with van der Waals surface area (Å²) in [5, 5.41) is 3.43. The second kappa shape index (κ2) is 5.15. The molecule has 4 heteroatoms. The maximum absolute atomic E-state index is 12.9. The zero-order valence-electron chi connectivity index (χ0n) is 9.05. The van der Waals surface area contributed by atoms with Crippen molar-refractivity contribution in [2.45, 2.75) is 37.8 Å². The standard InChI is InChI=1S/C12H16BrFN2/c13-11-7-8(14)1-6-12(11)16-10-4-2-9(15)3-5-10/h1,6-7,9-10,16H,2-5,15H2. The van der Waals surface area contributed by atoms with E-state index >= 15 is 0 Å². The Balaban J connectivity index is 1.98. The Morgan fingerprint density at radius 1 is 1.25 bits per heavy atom. The van der Waals surface area contributed by atoms with Crippen LogP contribution in [-0.2, 0) is 0 Å². The molecule has 1 aliphatic rings. The molecular formula is C12H16BrFN2. The van der Waals surface area contributed by atoms with Gasteiger partial charge in [0.15, 0.2) is 0 Å². The van der Waals surface area contributed by atoms with E-state index in [1.54, 1.807) is 6.07 Å². The molecule has 0 spiro atoms. The first-order valence-corrected chi connectivity index (χ1v) is 6.41. The number of nitrogens with two attached hydrogens (primary N) is 1. The van der Waals surface area contributed by atoms with E-state index in [0.29, 0.717) is 12.1 Å². The van der Waals surface area contributed by atoms with Crippen LogP contribution in [0.25, 0.3) is 0 Å². The van der Waals surface area contributed by atoms with E-state index in [2.05, 4.69) is 21.2 Å². The van der Waals surface area contributed by atoms with Gasteiger partial charge in [0.1, 0.15) is 5.82 Å². The maximum Gasteiger partial charge on any atom is 0.124 e. The smallest absolute Gasteiger partial charge is 0.124 e. The highest BCUT2D eigenvalue weighted by Crippen LogP contribution is 2.27. The first-order chi connectivity index (χ1) is 7.65. The highest BCUT2D eigenvalue weighted by Gasteiger charge is 2.18. The van der Waals surface area contributed by atoms with Crippen LogP contribution in [0.4, 0.5) is 10.1 Å². The molecule has 0 atom stereocenters. The van der Waals surface area contributed by atoms with E-state index in [1.165, 1.54) is 12.1 Å². The molecular weight excluding hydrogens is 271 g/mol. The van der Waals surface area contributed by atoms with Gasteiger partial charge in [0.2, 0.25) is 0 Å². The van der Waals surface area contributed by atoms with E-state index in [4.69, 9.17) is 5.73 Å². The van der Waals surface area contributed by atoms with Gasteiger partial charge in [-0.05, 0) is 59.8 Å². The minimum absolute atomic E-state index is 0.219. The van der Waals surface area contributed by atoms with Crippen LogP contribution in [-0.4, -0.2) is 12.1 Å². The first-order valence-electron chi connectivity index (χ1n) is 5.62. The number of halogens is 2. The Morgan fingerprint density at radius 2 is 1.94 bits per heavy atom. The van der Waals surface area contributed by atoms with Gasteiger partial charge in [-0.2, -0.15) is 0 Å². The molecule has 0 bridgehead atoms. The Hall–Kier alpha value is -0.610. The second-order valence-corrected chi connectivity index (χ2v) is 5.23.